The lowest BCUT2D eigenvalue weighted by Crippen LogP contribution is -2.33. The zero-order valence-electron chi connectivity index (χ0n) is 12.4. The van der Waals surface area contributed by atoms with Gasteiger partial charge < -0.3 is 0 Å². The molecule has 2 aromatic rings. The molecule has 1 aliphatic rings. The number of para-hydroxylation sites is 1. The monoisotopic (exact) mass is 277 g/mol. The van der Waals surface area contributed by atoms with Gasteiger partial charge in [0.05, 0.1) is 11.4 Å². The van der Waals surface area contributed by atoms with Gasteiger partial charge in [-0.3, -0.25) is 10.4 Å². The molecule has 3 nitrogen and oxygen atoms in total. The molecule has 0 bridgehead atoms. The van der Waals surface area contributed by atoms with Gasteiger partial charge in [-0.2, -0.15) is 0 Å². The molecule has 106 valence electrons. The van der Waals surface area contributed by atoms with Gasteiger partial charge in [0.15, 0.2) is 0 Å². The van der Waals surface area contributed by atoms with Crippen molar-refractivity contribution < 1.29 is 0 Å². The van der Waals surface area contributed by atoms with Crippen molar-refractivity contribution >= 4 is 11.5 Å². The zero-order valence-corrected chi connectivity index (χ0v) is 12.4. The van der Waals surface area contributed by atoms with Crippen molar-refractivity contribution in [2.24, 2.45) is 4.99 Å². The number of benzene rings is 2. The van der Waals surface area contributed by atoms with Crippen LogP contribution in [0, 0.1) is 0 Å². The topological polar surface area (TPSA) is 27.6 Å². The second-order valence-corrected chi connectivity index (χ2v) is 5.36. The molecular weight excluding hydrogens is 258 g/mol. The molecule has 0 saturated carbocycles. The summed E-state index contributed by atoms with van der Waals surface area (Å²) in [7, 11) is 0. The summed E-state index contributed by atoms with van der Waals surface area (Å²) in [5.41, 5.74) is 6.03. The van der Waals surface area contributed by atoms with Crippen LogP contribution in [0.3, 0.4) is 0 Å². The maximum absolute atomic E-state index is 4.83. The van der Waals surface area contributed by atoms with Gasteiger partial charge in [-0.1, -0.05) is 55.1 Å². The fourth-order valence-electron chi connectivity index (χ4n) is 2.64. The van der Waals surface area contributed by atoms with Gasteiger partial charge in [0.25, 0.3) is 0 Å². The molecule has 1 aliphatic heterocycles. The maximum Gasteiger partial charge on any atom is 0.126 e. The summed E-state index contributed by atoms with van der Waals surface area (Å²) in [6.07, 6.45) is 0. The van der Waals surface area contributed by atoms with E-state index in [2.05, 4.69) is 31.1 Å². The number of hydrogen-bond acceptors (Lipinski definition) is 3. The minimum atomic E-state index is -0.423. The number of nitrogens with zero attached hydrogens (tertiary/aromatic N) is 2. The Bertz CT molecular complexity index is 676. The molecule has 3 rings (SSSR count). The van der Waals surface area contributed by atoms with Crippen LogP contribution in [0.2, 0.25) is 0 Å². The quantitative estimate of drug-likeness (QED) is 0.911. The molecule has 0 unspecified atom stereocenters. The van der Waals surface area contributed by atoms with E-state index in [9.17, 15) is 0 Å². The van der Waals surface area contributed by atoms with Crippen LogP contribution in [0.5, 0.6) is 0 Å². The molecule has 1 N–H and O–H groups in total. The Morgan fingerprint density at radius 3 is 2.19 bits per heavy atom. The van der Waals surface area contributed by atoms with Gasteiger partial charge >= 0.3 is 0 Å². The van der Waals surface area contributed by atoms with Gasteiger partial charge in [-0.25, -0.2) is 5.01 Å². The molecule has 0 aromatic heterocycles. The summed E-state index contributed by atoms with van der Waals surface area (Å²) in [6.45, 7) is 8.35. The number of nitrogens with one attached hydrogen (secondary N) is 1. The molecule has 0 spiro atoms. The van der Waals surface area contributed by atoms with Crippen LogP contribution in [-0.2, 0) is 5.54 Å². The first-order chi connectivity index (χ1) is 10.1. The molecule has 2 aromatic carbocycles. The molecule has 1 heterocycles. The van der Waals surface area contributed by atoms with E-state index in [-0.39, 0.29) is 0 Å². The number of anilines is 1. The fraction of sp³-hybridized carbons (Fsp3) is 0.167. The van der Waals surface area contributed by atoms with Gasteiger partial charge in [0.2, 0.25) is 0 Å². The average Bonchev–Trinajstić information content (AvgIpc) is 2.74. The third-order valence-corrected chi connectivity index (χ3v) is 3.89. The first-order valence-electron chi connectivity index (χ1n) is 7.04. The Balaban J connectivity index is 1.91. The molecule has 0 saturated heterocycles. The lowest BCUT2D eigenvalue weighted by atomic mass is 9.90. The summed E-state index contributed by atoms with van der Waals surface area (Å²) in [5.74, 6) is 0.912. The van der Waals surface area contributed by atoms with Gasteiger partial charge in [-0.15, -0.1) is 0 Å². The van der Waals surface area contributed by atoms with Crippen LogP contribution in [0.15, 0.2) is 77.9 Å². The Hall–Kier alpha value is -2.55. The number of amidine groups is 1. The standard InChI is InChI=1S/C18H19N3/c1-14-18(3,16-10-6-4-7-11-16)19-15(2)21(14)20-17-12-8-5-9-13-17/h4-13,20H,1H2,2-3H3/t18-/m1/s1. The molecule has 0 amide bonds. The molecular formula is C18H19N3. The van der Waals surface area contributed by atoms with Gasteiger partial charge in [0, 0.05) is 0 Å². The van der Waals surface area contributed by atoms with E-state index in [1.165, 1.54) is 0 Å². The van der Waals surface area contributed by atoms with E-state index in [0.29, 0.717) is 0 Å². The number of aliphatic imine (C=N–C) groups is 1. The summed E-state index contributed by atoms with van der Waals surface area (Å²) in [6, 6.07) is 20.3. The first-order valence-corrected chi connectivity index (χ1v) is 7.04. The largest absolute Gasteiger partial charge is 0.293 e. The number of hydrazine groups is 1. The number of hydrogen-bond donors (Lipinski definition) is 1. The summed E-state index contributed by atoms with van der Waals surface area (Å²) >= 11 is 0. The summed E-state index contributed by atoms with van der Waals surface area (Å²) in [5, 5.41) is 1.96. The molecule has 0 radical (unpaired) electrons. The third-order valence-electron chi connectivity index (χ3n) is 3.89. The molecule has 3 heteroatoms. The summed E-state index contributed by atoms with van der Waals surface area (Å²) in [4.78, 5) is 4.83. The van der Waals surface area contributed by atoms with Crippen LogP contribution in [0.4, 0.5) is 5.69 Å². The predicted molar refractivity (Wildman–Crippen MR) is 87.9 cm³/mol. The van der Waals surface area contributed by atoms with Crippen LogP contribution >= 0.6 is 0 Å². The van der Waals surface area contributed by atoms with Crippen LogP contribution in [-0.4, -0.2) is 10.8 Å². The SMILES string of the molecule is C=C1N(Nc2ccccc2)C(C)=N[C@@]1(C)c1ccccc1. The highest BCUT2D eigenvalue weighted by Gasteiger charge is 2.39. The van der Waals surface area contributed by atoms with Crippen LogP contribution in [0.1, 0.15) is 19.4 Å². The van der Waals surface area contributed by atoms with E-state index in [1.54, 1.807) is 0 Å². The lowest BCUT2D eigenvalue weighted by Gasteiger charge is -2.28. The van der Waals surface area contributed by atoms with Gasteiger partial charge in [0.1, 0.15) is 11.4 Å². The molecule has 21 heavy (non-hydrogen) atoms. The zero-order chi connectivity index (χ0) is 14.9. The first kappa shape index (κ1) is 13.4. The minimum absolute atomic E-state index is 0.423. The van der Waals surface area contributed by atoms with Crippen molar-refractivity contribution in [3.8, 4) is 0 Å². The highest BCUT2D eigenvalue weighted by molar-refractivity contribution is 5.86. The van der Waals surface area contributed by atoms with Crippen LogP contribution in [0.25, 0.3) is 0 Å². The van der Waals surface area contributed by atoms with Crippen molar-refractivity contribution in [2.45, 2.75) is 19.4 Å². The minimum Gasteiger partial charge on any atom is -0.293 e. The third kappa shape index (κ3) is 2.31. The van der Waals surface area contributed by atoms with Crippen molar-refractivity contribution in [3.63, 3.8) is 0 Å². The van der Waals surface area contributed by atoms with Crippen molar-refractivity contribution in [2.75, 3.05) is 5.43 Å². The van der Waals surface area contributed by atoms with E-state index >= 15 is 0 Å². The van der Waals surface area contributed by atoms with E-state index in [4.69, 9.17) is 4.99 Å². The van der Waals surface area contributed by atoms with E-state index in [1.807, 2.05) is 60.5 Å². The van der Waals surface area contributed by atoms with Crippen molar-refractivity contribution in [3.05, 3.63) is 78.5 Å². The Labute approximate surface area is 125 Å². The molecule has 0 aliphatic carbocycles. The Morgan fingerprint density at radius 2 is 1.57 bits per heavy atom. The van der Waals surface area contributed by atoms with E-state index < -0.39 is 5.54 Å². The van der Waals surface area contributed by atoms with E-state index in [0.717, 1.165) is 22.8 Å². The highest BCUT2D eigenvalue weighted by atomic mass is 15.6. The fourth-order valence-corrected chi connectivity index (χ4v) is 2.64. The van der Waals surface area contributed by atoms with Gasteiger partial charge in [-0.05, 0) is 31.5 Å². The predicted octanol–water partition coefficient (Wildman–Crippen LogP) is 4.18. The maximum atomic E-state index is 4.83. The molecule has 1 atom stereocenters. The number of rotatable bonds is 3. The summed E-state index contributed by atoms with van der Waals surface area (Å²) < 4.78 is 0. The molecule has 0 fully saturated rings. The lowest BCUT2D eigenvalue weighted by molar-refractivity contribution is 0.508. The smallest absolute Gasteiger partial charge is 0.126 e. The van der Waals surface area contributed by atoms with Crippen molar-refractivity contribution in [1.82, 2.24) is 5.01 Å². The normalized spacial score (nSPS) is 21.3. The van der Waals surface area contributed by atoms with Crippen LogP contribution < -0.4 is 5.43 Å². The van der Waals surface area contributed by atoms with Crippen molar-refractivity contribution in [1.29, 1.82) is 0 Å². The Morgan fingerprint density at radius 1 is 1.00 bits per heavy atom. The average molecular weight is 277 g/mol. The highest BCUT2D eigenvalue weighted by Crippen LogP contribution is 2.39. The second kappa shape index (κ2) is 5.09. The second-order valence-electron chi connectivity index (χ2n) is 5.36. The Kier molecular flexibility index (Phi) is 3.26.